The highest BCUT2D eigenvalue weighted by molar-refractivity contribution is 7.64. The highest BCUT2D eigenvalue weighted by atomic mass is 35.5. The average Bonchev–Trinajstić information content (AvgIpc) is 2.79. The van der Waals surface area contributed by atoms with E-state index in [1.807, 2.05) is 0 Å². The Bertz CT molecular complexity index is 808. The molecule has 0 amide bonds. The molecule has 0 aromatic heterocycles. The summed E-state index contributed by atoms with van der Waals surface area (Å²) in [5, 5.41) is 0.299. The van der Waals surface area contributed by atoms with Gasteiger partial charge in [-0.05, 0) is 43.4 Å². The molecule has 0 fully saturated rings. The number of ether oxygens (including phenoxy) is 1. The van der Waals surface area contributed by atoms with Crippen molar-refractivity contribution in [1.82, 2.24) is 0 Å². The summed E-state index contributed by atoms with van der Waals surface area (Å²) >= 11 is 6.12. The summed E-state index contributed by atoms with van der Waals surface area (Å²) in [6.45, 7) is 0. The summed E-state index contributed by atoms with van der Waals surface area (Å²) in [5.74, 6) is 0.390. The zero-order valence-electron chi connectivity index (χ0n) is 18.7. The van der Waals surface area contributed by atoms with Crippen molar-refractivity contribution in [3.63, 3.8) is 0 Å². The Hall–Kier alpha value is -1.70. The first-order chi connectivity index (χ1) is 15.1. The maximum Gasteiger partial charge on any atom is 0.420 e. The number of carbonyl (C=O) groups is 1. The van der Waals surface area contributed by atoms with E-state index in [4.69, 9.17) is 16.3 Å². The van der Waals surface area contributed by atoms with E-state index in [0.717, 1.165) is 19.3 Å². The maximum atomic E-state index is 12.5. The molecule has 0 heterocycles. The van der Waals surface area contributed by atoms with Crippen molar-refractivity contribution in [3.05, 3.63) is 64.7 Å². The minimum Gasteiger partial charge on any atom is -0.496 e. The van der Waals surface area contributed by atoms with Crippen molar-refractivity contribution in [2.45, 2.75) is 70.6 Å². The first kappa shape index (κ1) is 25.6. The Balaban J connectivity index is 1.47. The minimum atomic E-state index is -1.96. The second kappa shape index (κ2) is 15.2. The van der Waals surface area contributed by atoms with Crippen molar-refractivity contribution in [3.8, 4) is 5.75 Å². The smallest absolute Gasteiger partial charge is 0.420 e. The molecule has 31 heavy (non-hydrogen) atoms. The van der Waals surface area contributed by atoms with Gasteiger partial charge in [-0.2, -0.15) is 0 Å². The van der Waals surface area contributed by atoms with Gasteiger partial charge in [0.2, 0.25) is 0 Å². The van der Waals surface area contributed by atoms with Gasteiger partial charge in [-0.3, -0.25) is 0 Å². The lowest BCUT2D eigenvalue weighted by molar-refractivity contribution is 0.107. The predicted octanol–water partition coefficient (Wildman–Crippen LogP) is 8.46. The van der Waals surface area contributed by atoms with Crippen LogP contribution < -0.4 is 4.74 Å². The Kier molecular flexibility index (Phi) is 12.5. The maximum absolute atomic E-state index is 12.5. The number of hydrogen-bond acceptors (Lipinski definition) is 3. The quantitative estimate of drug-likeness (QED) is 0.186. The zero-order chi connectivity index (χ0) is 22.3. The summed E-state index contributed by atoms with van der Waals surface area (Å²) in [6, 6.07) is 15.7. The lowest BCUT2D eigenvalue weighted by Crippen LogP contribution is -2.00. The molecule has 0 spiro atoms. The molecule has 2 aromatic carbocycles. The van der Waals surface area contributed by atoms with Crippen LogP contribution >= 0.6 is 19.4 Å². The summed E-state index contributed by atoms with van der Waals surface area (Å²) in [6.07, 6.45) is 13.6. The molecule has 3 nitrogen and oxygen atoms in total. The van der Waals surface area contributed by atoms with Gasteiger partial charge in [0.05, 0.1) is 12.1 Å². The molecule has 1 atom stereocenters. The van der Waals surface area contributed by atoms with Crippen LogP contribution in [0.15, 0.2) is 48.5 Å². The summed E-state index contributed by atoms with van der Waals surface area (Å²) < 4.78 is 17.6. The Morgan fingerprint density at radius 3 is 2.00 bits per heavy atom. The first-order valence-electron chi connectivity index (χ1n) is 11.5. The fraction of sp³-hybridized carbons (Fsp3) is 0.500. The molecule has 0 N–H and O–H groups in total. The van der Waals surface area contributed by atoms with E-state index in [1.165, 1.54) is 64.0 Å². The van der Waals surface area contributed by atoms with Crippen molar-refractivity contribution in [2.24, 2.45) is 0 Å². The predicted molar refractivity (Wildman–Crippen MR) is 131 cm³/mol. The summed E-state index contributed by atoms with van der Waals surface area (Å²) in [7, 11) is -0.476. The van der Waals surface area contributed by atoms with Crippen LogP contribution in [0.4, 0.5) is 0 Å². The number of methoxy groups -OCH3 is 1. The van der Waals surface area contributed by atoms with E-state index < -0.39 is 13.3 Å². The van der Waals surface area contributed by atoms with Crippen LogP contribution in [0.25, 0.3) is 0 Å². The second-order valence-electron chi connectivity index (χ2n) is 8.00. The van der Waals surface area contributed by atoms with Gasteiger partial charge in [0.25, 0.3) is 0 Å². The SMILES string of the molecule is COc1cccc(Cl)c1C(=O)[P+](=O)CCCCCCCCCCCCc1ccccc1. The molecular weight excluding hydrogens is 427 g/mol. The Labute approximate surface area is 193 Å². The molecule has 0 saturated carbocycles. The van der Waals surface area contributed by atoms with Crippen LogP contribution in [-0.4, -0.2) is 18.8 Å². The molecule has 2 aromatic rings. The van der Waals surface area contributed by atoms with Gasteiger partial charge in [0, 0.05) is 0 Å². The number of hydrogen-bond donors (Lipinski definition) is 0. The lowest BCUT2D eigenvalue weighted by Gasteiger charge is -2.04. The van der Waals surface area contributed by atoms with Crippen molar-refractivity contribution < 1.29 is 14.1 Å². The second-order valence-corrected chi connectivity index (χ2v) is 10.0. The van der Waals surface area contributed by atoms with Crippen molar-refractivity contribution in [2.75, 3.05) is 13.3 Å². The largest absolute Gasteiger partial charge is 0.496 e. The number of halogens is 1. The van der Waals surface area contributed by atoms with Gasteiger partial charge < -0.3 is 4.74 Å². The molecule has 1 unspecified atom stereocenters. The van der Waals surface area contributed by atoms with Crippen LogP contribution in [0.5, 0.6) is 5.75 Å². The molecule has 0 radical (unpaired) electrons. The van der Waals surface area contributed by atoms with E-state index in [9.17, 15) is 9.36 Å². The number of carbonyl (C=O) groups excluding carboxylic acids is 1. The van der Waals surface area contributed by atoms with Gasteiger partial charge in [-0.15, -0.1) is 0 Å². The molecule has 0 bridgehead atoms. The first-order valence-corrected chi connectivity index (χ1v) is 13.3. The summed E-state index contributed by atoms with van der Waals surface area (Å²) in [4.78, 5) is 12.5. The third-order valence-electron chi connectivity index (χ3n) is 5.56. The van der Waals surface area contributed by atoms with Crippen LogP contribution in [-0.2, 0) is 11.0 Å². The van der Waals surface area contributed by atoms with Gasteiger partial charge in [0.15, 0.2) is 6.16 Å². The average molecular weight is 462 g/mol. The highest BCUT2D eigenvalue weighted by Gasteiger charge is 2.33. The van der Waals surface area contributed by atoms with Crippen molar-refractivity contribution >= 4 is 24.9 Å². The topological polar surface area (TPSA) is 43.4 Å². The van der Waals surface area contributed by atoms with Gasteiger partial charge >= 0.3 is 13.3 Å². The third kappa shape index (κ3) is 9.54. The fourth-order valence-corrected chi connectivity index (χ4v) is 5.26. The van der Waals surface area contributed by atoms with E-state index >= 15 is 0 Å². The van der Waals surface area contributed by atoms with E-state index in [-0.39, 0.29) is 5.56 Å². The van der Waals surface area contributed by atoms with E-state index in [2.05, 4.69) is 30.3 Å². The van der Waals surface area contributed by atoms with Gasteiger partial charge in [0.1, 0.15) is 11.3 Å². The number of aryl methyl sites for hydroxylation is 1. The standard InChI is InChI=1S/C26H35ClO3P/c1-30-24-20-15-19-23(27)25(24)26(28)31(29)21-14-9-7-5-3-2-4-6-8-11-16-22-17-12-10-13-18-22/h10,12-13,15,17-20H,2-9,11,14,16,21H2,1H3/q+1. The van der Waals surface area contributed by atoms with Crippen LogP contribution in [0, 0.1) is 0 Å². The summed E-state index contributed by atoms with van der Waals surface area (Å²) in [5.41, 5.74) is 1.29. The zero-order valence-corrected chi connectivity index (χ0v) is 20.3. The highest BCUT2D eigenvalue weighted by Crippen LogP contribution is 2.36. The monoisotopic (exact) mass is 461 g/mol. The Morgan fingerprint density at radius 2 is 1.39 bits per heavy atom. The van der Waals surface area contributed by atoms with Crippen LogP contribution in [0.3, 0.4) is 0 Å². The Morgan fingerprint density at radius 1 is 0.806 bits per heavy atom. The lowest BCUT2D eigenvalue weighted by atomic mass is 10.0. The van der Waals surface area contributed by atoms with Crippen LogP contribution in [0.1, 0.15) is 80.1 Å². The fourth-order valence-electron chi connectivity index (χ4n) is 3.75. The van der Waals surface area contributed by atoms with Gasteiger partial charge in [-0.25, -0.2) is 4.79 Å². The molecule has 5 heteroatoms. The third-order valence-corrected chi connectivity index (χ3v) is 7.27. The normalized spacial score (nSPS) is 11.4. The molecular formula is C26H35ClO3P+. The molecule has 0 saturated heterocycles. The number of unbranched alkanes of at least 4 members (excludes halogenated alkanes) is 9. The molecule has 0 aliphatic rings. The van der Waals surface area contributed by atoms with E-state index in [1.54, 1.807) is 18.2 Å². The van der Waals surface area contributed by atoms with Crippen LogP contribution in [0.2, 0.25) is 5.02 Å². The minimum absolute atomic E-state index is 0.247. The van der Waals surface area contributed by atoms with Gasteiger partial charge in [-0.1, -0.05) is 97.5 Å². The molecule has 168 valence electrons. The molecule has 0 aliphatic heterocycles. The van der Waals surface area contributed by atoms with E-state index in [0.29, 0.717) is 16.9 Å². The molecule has 0 aliphatic carbocycles. The number of rotatable bonds is 16. The number of benzene rings is 2. The molecule has 2 rings (SSSR count). The van der Waals surface area contributed by atoms with Crippen molar-refractivity contribution in [1.29, 1.82) is 0 Å².